The van der Waals surface area contributed by atoms with E-state index in [-0.39, 0.29) is 12.5 Å². The number of benzene rings is 1. The molecule has 28 heavy (non-hydrogen) atoms. The standard InChI is InChI=1S/C21H34N2O5/c1-16(25)22-18-13-23(19(14-24)21(27)20(18)26)11-7-2-3-8-12-28-15-17-9-5-4-6-10-17/h4-6,9-10,18-21,24,26-27H,2-3,7-8,11-15H2,1H3,(H,22,25)/t18-,19+,20-,21-/m0/s1. The number of nitrogens with zero attached hydrogens (tertiary/aromatic N) is 1. The summed E-state index contributed by atoms with van der Waals surface area (Å²) in [7, 11) is 0. The van der Waals surface area contributed by atoms with E-state index in [9.17, 15) is 20.1 Å². The summed E-state index contributed by atoms with van der Waals surface area (Å²) in [5, 5.41) is 32.7. The summed E-state index contributed by atoms with van der Waals surface area (Å²) in [4.78, 5) is 13.3. The second kappa shape index (κ2) is 12.1. The van der Waals surface area contributed by atoms with Crippen molar-refractivity contribution >= 4 is 5.91 Å². The number of unbranched alkanes of at least 4 members (excludes halogenated alkanes) is 3. The van der Waals surface area contributed by atoms with Crippen molar-refractivity contribution in [2.45, 2.75) is 63.5 Å². The first-order chi connectivity index (χ1) is 13.5. The smallest absolute Gasteiger partial charge is 0.217 e. The van der Waals surface area contributed by atoms with Crippen molar-refractivity contribution in [3.63, 3.8) is 0 Å². The van der Waals surface area contributed by atoms with Crippen molar-refractivity contribution in [3.8, 4) is 0 Å². The van der Waals surface area contributed by atoms with E-state index < -0.39 is 24.3 Å². The van der Waals surface area contributed by atoms with E-state index in [1.807, 2.05) is 23.1 Å². The van der Waals surface area contributed by atoms with Gasteiger partial charge >= 0.3 is 0 Å². The van der Waals surface area contributed by atoms with Crippen LogP contribution in [0, 0.1) is 0 Å². The number of amides is 1. The average molecular weight is 395 g/mol. The topological polar surface area (TPSA) is 102 Å². The summed E-state index contributed by atoms with van der Waals surface area (Å²) in [6.45, 7) is 3.66. The second-order valence-corrected chi connectivity index (χ2v) is 7.49. The summed E-state index contributed by atoms with van der Waals surface area (Å²) < 4.78 is 5.68. The third-order valence-corrected chi connectivity index (χ3v) is 5.23. The van der Waals surface area contributed by atoms with Crippen LogP contribution < -0.4 is 5.32 Å². The molecular formula is C21H34N2O5. The van der Waals surface area contributed by atoms with Crippen molar-refractivity contribution in [1.29, 1.82) is 0 Å². The number of carbonyl (C=O) groups is 1. The minimum Gasteiger partial charge on any atom is -0.395 e. The van der Waals surface area contributed by atoms with E-state index in [2.05, 4.69) is 17.4 Å². The largest absolute Gasteiger partial charge is 0.395 e. The Hall–Kier alpha value is -1.51. The predicted molar refractivity (Wildman–Crippen MR) is 107 cm³/mol. The maximum atomic E-state index is 11.3. The molecule has 4 atom stereocenters. The highest BCUT2D eigenvalue weighted by Gasteiger charge is 2.41. The zero-order chi connectivity index (χ0) is 20.4. The van der Waals surface area contributed by atoms with Gasteiger partial charge in [-0.25, -0.2) is 0 Å². The first-order valence-electron chi connectivity index (χ1n) is 10.1. The van der Waals surface area contributed by atoms with Crippen LogP contribution in [0.3, 0.4) is 0 Å². The number of carbonyl (C=O) groups excluding carboxylic acids is 1. The number of ether oxygens (including phenoxy) is 1. The van der Waals surface area contributed by atoms with Gasteiger partial charge in [0.1, 0.15) is 6.10 Å². The fourth-order valence-corrected chi connectivity index (χ4v) is 3.69. The highest BCUT2D eigenvalue weighted by molar-refractivity contribution is 5.73. The molecule has 4 N–H and O–H groups in total. The summed E-state index contributed by atoms with van der Waals surface area (Å²) in [5.41, 5.74) is 1.18. The Morgan fingerprint density at radius 1 is 1.14 bits per heavy atom. The average Bonchev–Trinajstić information content (AvgIpc) is 2.68. The van der Waals surface area contributed by atoms with Gasteiger partial charge in [0.25, 0.3) is 0 Å². The molecule has 1 amide bonds. The van der Waals surface area contributed by atoms with Gasteiger partial charge in [-0.2, -0.15) is 0 Å². The molecule has 1 heterocycles. The van der Waals surface area contributed by atoms with Gasteiger partial charge in [-0.1, -0.05) is 43.2 Å². The number of hydrogen-bond donors (Lipinski definition) is 4. The third-order valence-electron chi connectivity index (χ3n) is 5.23. The molecule has 7 heteroatoms. The molecule has 0 aromatic heterocycles. The van der Waals surface area contributed by atoms with Gasteiger partial charge in [0.15, 0.2) is 0 Å². The molecule has 1 saturated heterocycles. The normalized spacial score (nSPS) is 25.6. The maximum absolute atomic E-state index is 11.3. The lowest BCUT2D eigenvalue weighted by molar-refractivity contribution is -0.128. The first kappa shape index (κ1) is 22.8. The van der Waals surface area contributed by atoms with Gasteiger partial charge in [-0.15, -0.1) is 0 Å². The van der Waals surface area contributed by atoms with Gasteiger partial charge in [0.2, 0.25) is 5.91 Å². The molecule has 0 unspecified atom stereocenters. The molecule has 1 aromatic rings. The van der Waals surface area contributed by atoms with Gasteiger partial charge in [0, 0.05) is 20.1 Å². The molecule has 7 nitrogen and oxygen atoms in total. The summed E-state index contributed by atoms with van der Waals surface area (Å²) in [6, 6.07) is 9.07. The Kier molecular flexibility index (Phi) is 9.87. The lowest BCUT2D eigenvalue weighted by atomic mass is 9.92. The molecule has 0 radical (unpaired) electrons. The highest BCUT2D eigenvalue weighted by atomic mass is 16.5. The van der Waals surface area contributed by atoms with Crippen LogP contribution in [-0.4, -0.2) is 76.7 Å². The quantitative estimate of drug-likeness (QED) is 0.412. The van der Waals surface area contributed by atoms with E-state index in [0.717, 1.165) is 32.3 Å². The minimum absolute atomic E-state index is 0.224. The zero-order valence-corrected chi connectivity index (χ0v) is 16.7. The highest BCUT2D eigenvalue weighted by Crippen LogP contribution is 2.20. The number of piperidine rings is 1. The van der Waals surface area contributed by atoms with E-state index >= 15 is 0 Å². The zero-order valence-electron chi connectivity index (χ0n) is 16.7. The van der Waals surface area contributed by atoms with E-state index in [1.165, 1.54) is 12.5 Å². The number of aliphatic hydroxyl groups is 3. The van der Waals surface area contributed by atoms with Crippen LogP contribution in [0.1, 0.15) is 38.2 Å². The summed E-state index contributed by atoms with van der Waals surface area (Å²) in [6.07, 6.45) is 1.83. The Morgan fingerprint density at radius 2 is 1.86 bits per heavy atom. The lowest BCUT2D eigenvalue weighted by Crippen LogP contribution is -2.66. The van der Waals surface area contributed by atoms with Gasteiger partial charge in [-0.05, 0) is 24.9 Å². The Bertz CT molecular complexity index is 571. The van der Waals surface area contributed by atoms with Gasteiger partial charge < -0.3 is 25.4 Å². The molecule has 158 valence electrons. The van der Waals surface area contributed by atoms with E-state index in [0.29, 0.717) is 19.7 Å². The maximum Gasteiger partial charge on any atom is 0.217 e. The van der Waals surface area contributed by atoms with E-state index in [1.54, 1.807) is 0 Å². The first-order valence-corrected chi connectivity index (χ1v) is 10.1. The number of aliphatic hydroxyl groups excluding tert-OH is 3. The Morgan fingerprint density at radius 3 is 2.54 bits per heavy atom. The van der Waals surface area contributed by atoms with Crippen LogP contribution in [0.4, 0.5) is 0 Å². The molecule has 0 saturated carbocycles. The SMILES string of the molecule is CC(=O)N[C@H]1CN(CCCCCCOCc2ccccc2)[C@H](CO)[C@H](O)[C@H]1O. The van der Waals surface area contributed by atoms with E-state index in [4.69, 9.17) is 4.74 Å². The molecule has 1 aliphatic heterocycles. The second-order valence-electron chi connectivity index (χ2n) is 7.49. The fraction of sp³-hybridized carbons (Fsp3) is 0.667. The minimum atomic E-state index is -1.08. The van der Waals surface area contributed by atoms with Gasteiger partial charge in [0.05, 0.1) is 31.4 Å². The Balaban J connectivity index is 1.63. The summed E-state index contributed by atoms with van der Waals surface area (Å²) >= 11 is 0. The van der Waals surface area contributed by atoms with Crippen molar-refractivity contribution in [3.05, 3.63) is 35.9 Å². The van der Waals surface area contributed by atoms with Crippen LogP contribution >= 0.6 is 0 Å². The van der Waals surface area contributed by atoms with Crippen LogP contribution in [0.5, 0.6) is 0 Å². The lowest BCUT2D eigenvalue weighted by Gasteiger charge is -2.45. The number of hydrogen-bond acceptors (Lipinski definition) is 6. The fourth-order valence-electron chi connectivity index (χ4n) is 3.69. The van der Waals surface area contributed by atoms with Crippen LogP contribution in [0.15, 0.2) is 30.3 Å². The third kappa shape index (κ3) is 7.14. The molecular weight excluding hydrogens is 360 g/mol. The molecule has 0 bridgehead atoms. The van der Waals surface area contributed by atoms with Crippen molar-refractivity contribution in [2.75, 3.05) is 26.3 Å². The Labute approximate surface area is 167 Å². The van der Waals surface area contributed by atoms with Crippen LogP contribution in [0.2, 0.25) is 0 Å². The predicted octanol–water partition coefficient (Wildman–Crippen LogP) is 0.667. The molecule has 1 aromatic carbocycles. The summed E-state index contributed by atoms with van der Waals surface area (Å²) in [5.74, 6) is -0.242. The van der Waals surface area contributed by atoms with Crippen LogP contribution in [0.25, 0.3) is 0 Å². The number of likely N-dealkylation sites (tertiary alicyclic amines) is 1. The van der Waals surface area contributed by atoms with Crippen molar-refractivity contribution in [1.82, 2.24) is 10.2 Å². The number of rotatable bonds is 11. The van der Waals surface area contributed by atoms with Gasteiger partial charge in [-0.3, -0.25) is 9.69 Å². The van der Waals surface area contributed by atoms with Crippen molar-refractivity contribution < 1.29 is 24.9 Å². The molecule has 2 rings (SSSR count). The monoisotopic (exact) mass is 394 g/mol. The number of nitrogens with one attached hydrogen (secondary N) is 1. The van der Waals surface area contributed by atoms with Crippen LogP contribution in [-0.2, 0) is 16.1 Å². The van der Waals surface area contributed by atoms with Crippen molar-refractivity contribution in [2.24, 2.45) is 0 Å². The molecule has 1 aliphatic rings. The molecule has 0 spiro atoms. The molecule has 1 fully saturated rings. The molecule has 0 aliphatic carbocycles.